The van der Waals surface area contributed by atoms with Gasteiger partial charge in [0.25, 0.3) is 5.70 Å². The van der Waals surface area contributed by atoms with E-state index in [2.05, 4.69) is 6.58 Å². The van der Waals surface area contributed by atoms with E-state index in [0.29, 0.717) is 5.57 Å². The van der Waals surface area contributed by atoms with Crippen molar-refractivity contribution in [3.63, 3.8) is 0 Å². The van der Waals surface area contributed by atoms with Gasteiger partial charge >= 0.3 is 0 Å². The van der Waals surface area contributed by atoms with E-state index in [1.54, 1.807) is 19.9 Å². The number of rotatable bonds is 3. The van der Waals surface area contributed by atoms with Crippen LogP contribution in [-0.2, 0) is 0 Å². The predicted molar refractivity (Wildman–Crippen MR) is 44.7 cm³/mol. The smallest absolute Gasteiger partial charge is 0.258 e. The summed E-state index contributed by atoms with van der Waals surface area (Å²) in [5.41, 5.74) is 0.748. The van der Waals surface area contributed by atoms with E-state index in [4.69, 9.17) is 0 Å². The Bertz CT molecular complexity index is 226. The normalized spacial score (nSPS) is 12.9. The summed E-state index contributed by atoms with van der Waals surface area (Å²) in [6, 6.07) is 0. The maximum absolute atomic E-state index is 10.3. The van der Waals surface area contributed by atoms with Crippen molar-refractivity contribution < 1.29 is 4.92 Å². The van der Waals surface area contributed by atoms with Crippen molar-refractivity contribution in [1.29, 1.82) is 0 Å². The van der Waals surface area contributed by atoms with Crippen LogP contribution in [-0.4, -0.2) is 4.92 Å². The Balaban J connectivity index is 4.67. The third-order valence-corrected chi connectivity index (χ3v) is 1.24. The molecule has 0 saturated carbocycles. The number of allylic oxidation sites excluding steroid dienone is 4. The van der Waals surface area contributed by atoms with Gasteiger partial charge in [0.15, 0.2) is 0 Å². The Hall–Kier alpha value is -1.38. The average Bonchev–Trinajstić information content (AvgIpc) is 1.88. The summed E-state index contributed by atoms with van der Waals surface area (Å²) < 4.78 is 0. The van der Waals surface area contributed by atoms with Crippen LogP contribution in [0.15, 0.2) is 36.1 Å². The summed E-state index contributed by atoms with van der Waals surface area (Å²) in [5.74, 6) is 0. The van der Waals surface area contributed by atoms with Crippen molar-refractivity contribution in [2.24, 2.45) is 0 Å². The highest BCUT2D eigenvalue weighted by Gasteiger charge is 2.09. The SMILES string of the molecule is C=C/C=C(C)\C(=C/C)[N+](=O)[O-]. The molecule has 0 radical (unpaired) electrons. The third kappa shape index (κ3) is 2.80. The quantitative estimate of drug-likeness (QED) is 0.354. The highest BCUT2D eigenvalue weighted by Crippen LogP contribution is 2.08. The monoisotopic (exact) mass is 153 g/mol. The van der Waals surface area contributed by atoms with Gasteiger partial charge in [-0.1, -0.05) is 18.7 Å². The fourth-order valence-corrected chi connectivity index (χ4v) is 0.739. The molecule has 0 saturated heterocycles. The maximum atomic E-state index is 10.3. The van der Waals surface area contributed by atoms with Gasteiger partial charge in [0, 0.05) is 5.57 Å². The first-order valence-corrected chi connectivity index (χ1v) is 3.24. The molecule has 0 aromatic carbocycles. The van der Waals surface area contributed by atoms with Crippen molar-refractivity contribution in [1.82, 2.24) is 0 Å². The van der Waals surface area contributed by atoms with Crippen LogP contribution in [0, 0.1) is 10.1 Å². The highest BCUT2D eigenvalue weighted by molar-refractivity contribution is 5.25. The minimum atomic E-state index is -0.407. The van der Waals surface area contributed by atoms with Crippen LogP contribution in [0.2, 0.25) is 0 Å². The summed E-state index contributed by atoms with van der Waals surface area (Å²) in [5, 5.41) is 10.3. The Morgan fingerprint density at radius 1 is 1.64 bits per heavy atom. The standard InChI is InChI=1S/C8H11NO2/c1-4-6-7(3)8(5-2)9(10)11/h4-6H,1H2,2-3H3/b7-6-,8-5+. The third-order valence-electron chi connectivity index (χ3n) is 1.24. The molecule has 0 aromatic rings. The van der Waals surface area contributed by atoms with Gasteiger partial charge in [-0.25, -0.2) is 0 Å². The van der Waals surface area contributed by atoms with Gasteiger partial charge < -0.3 is 0 Å². The molecule has 0 aliphatic rings. The van der Waals surface area contributed by atoms with E-state index >= 15 is 0 Å². The van der Waals surface area contributed by atoms with Gasteiger partial charge in [-0.3, -0.25) is 10.1 Å². The lowest BCUT2D eigenvalue weighted by atomic mass is 10.2. The summed E-state index contributed by atoms with van der Waals surface area (Å²) in [7, 11) is 0. The van der Waals surface area contributed by atoms with Gasteiger partial charge in [-0.15, -0.1) is 0 Å². The molecule has 0 rings (SSSR count). The average molecular weight is 153 g/mol. The van der Waals surface area contributed by atoms with Gasteiger partial charge in [0.05, 0.1) is 4.92 Å². The Morgan fingerprint density at radius 2 is 2.18 bits per heavy atom. The van der Waals surface area contributed by atoms with E-state index in [9.17, 15) is 10.1 Å². The van der Waals surface area contributed by atoms with Crippen LogP contribution in [0.4, 0.5) is 0 Å². The second-order valence-corrected chi connectivity index (χ2v) is 2.02. The fourth-order valence-electron chi connectivity index (χ4n) is 0.739. The first-order valence-electron chi connectivity index (χ1n) is 3.24. The van der Waals surface area contributed by atoms with Crippen molar-refractivity contribution in [2.75, 3.05) is 0 Å². The summed E-state index contributed by atoms with van der Waals surface area (Å²) in [6.45, 7) is 6.77. The zero-order valence-corrected chi connectivity index (χ0v) is 6.70. The molecule has 0 heterocycles. The molecule has 3 nitrogen and oxygen atoms in total. The van der Waals surface area contributed by atoms with Crippen molar-refractivity contribution >= 4 is 0 Å². The lowest BCUT2D eigenvalue weighted by Gasteiger charge is -1.94. The lowest BCUT2D eigenvalue weighted by Crippen LogP contribution is -1.98. The van der Waals surface area contributed by atoms with Crippen molar-refractivity contribution in [2.45, 2.75) is 13.8 Å². The minimum Gasteiger partial charge on any atom is -0.258 e. The lowest BCUT2D eigenvalue weighted by molar-refractivity contribution is -0.420. The second-order valence-electron chi connectivity index (χ2n) is 2.02. The summed E-state index contributed by atoms with van der Waals surface area (Å²) in [6.07, 6.45) is 4.61. The Labute approximate surface area is 65.9 Å². The molecule has 3 heteroatoms. The molecule has 11 heavy (non-hydrogen) atoms. The molecular formula is C8H11NO2. The first-order chi connectivity index (χ1) is 5.13. The zero-order valence-electron chi connectivity index (χ0n) is 6.70. The van der Waals surface area contributed by atoms with Crippen LogP contribution in [0.25, 0.3) is 0 Å². The molecule has 0 fully saturated rings. The predicted octanol–water partition coefficient (Wildman–Crippen LogP) is 2.30. The molecule has 0 N–H and O–H groups in total. The molecule has 0 aliphatic heterocycles. The van der Waals surface area contributed by atoms with E-state index in [0.717, 1.165) is 0 Å². The number of hydrogen-bond donors (Lipinski definition) is 0. The molecule has 0 bridgehead atoms. The van der Waals surface area contributed by atoms with E-state index in [-0.39, 0.29) is 5.70 Å². The van der Waals surface area contributed by atoms with Gasteiger partial charge in [0.2, 0.25) is 0 Å². The topological polar surface area (TPSA) is 43.1 Å². The van der Waals surface area contributed by atoms with Crippen molar-refractivity contribution in [3.8, 4) is 0 Å². The summed E-state index contributed by atoms with van der Waals surface area (Å²) in [4.78, 5) is 9.90. The first kappa shape index (κ1) is 9.62. The van der Waals surface area contributed by atoms with Crippen LogP contribution < -0.4 is 0 Å². The van der Waals surface area contributed by atoms with Crippen LogP contribution in [0.5, 0.6) is 0 Å². The van der Waals surface area contributed by atoms with Crippen molar-refractivity contribution in [3.05, 3.63) is 46.2 Å². The second kappa shape index (κ2) is 4.44. The Morgan fingerprint density at radius 3 is 2.45 bits per heavy atom. The highest BCUT2D eigenvalue weighted by atomic mass is 16.6. The molecule has 0 unspecified atom stereocenters. The minimum absolute atomic E-state index is 0.130. The van der Waals surface area contributed by atoms with Crippen LogP contribution in [0.3, 0.4) is 0 Å². The number of nitrogens with zero attached hydrogens (tertiary/aromatic N) is 1. The molecule has 0 atom stereocenters. The molecule has 0 spiro atoms. The maximum Gasteiger partial charge on any atom is 0.268 e. The van der Waals surface area contributed by atoms with Gasteiger partial charge in [-0.05, 0) is 19.9 Å². The molecule has 0 amide bonds. The van der Waals surface area contributed by atoms with E-state index < -0.39 is 4.92 Å². The van der Waals surface area contributed by atoms with Gasteiger partial charge in [0.1, 0.15) is 0 Å². The van der Waals surface area contributed by atoms with Gasteiger partial charge in [-0.2, -0.15) is 0 Å². The molecule has 0 aliphatic carbocycles. The number of hydrogen-bond acceptors (Lipinski definition) is 2. The van der Waals surface area contributed by atoms with E-state index in [1.165, 1.54) is 12.2 Å². The Kier molecular flexibility index (Phi) is 3.88. The zero-order chi connectivity index (χ0) is 8.85. The number of nitro groups is 1. The fraction of sp³-hybridized carbons (Fsp3) is 0.250. The van der Waals surface area contributed by atoms with Crippen LogP contribution >= 0.6 is 0 Å². The van der Waals surface area contributed by atoms with E-state index in [1.807, 2.05) is 0 Å². The molecule has 0 aromatic heterocycles. The summed E-state index contributed by atoms with van der Waals surface area (Å²) >= 11 is 0. The van der Waals surface area contributed by atoms with Crippen LogP contribution in [0.1, 0.15) is 13.8 Å². The molecular weight excluding hydrogens is 142 g/mol. The largest absolute Gasteiger partial charge is 0.268 e. The molecule has 60 valence electrons.